The Morgan fingerprint density at radius 2 is 0.667 bits per heavy atom. The van der Waals surface area contributed by atoms with E-state index >= 15 is 0 Å². The highest BCUT2D eigenvalue weighted by Crippen LogP contribution is 2.44. The van der Waals surface area contributed by atoms with Crippen molar-refractivity contribution >= 4 is 80.1 Å². The highest BCUT2D eigenvalue weighted by atomic mass is 79.9. The zero-order chi connectivity index (χ0) is 19.3. The van der Waals surface area contributed by atoms with Crippen LogP contribution in [-0.2, 0) is 0 Å². The van der Waals surface area contributed by atoms with Crippen LogP contribution in [0.25, 0.3) is 32.3 Å². The molecular weight excluding hydrogens is 540 g/mol. The van der Waals surface area contributed by atoms with Crippen LogP contribution in [0.2, 0.25) is 0 Å². The third-order valence-corrected chi connectivity index (χ3v) is 6.61. The van der Waals surface area contributed by atoms with Gasteiger partial charge in [0.25, 0.3) is 0 Å². The fourth-order valence-corrected chi connectivity index (χ4v) is 4.98. The Labute approximate surface area is 182 Å². The van der Waals surface area contributed by atoms with Gasteiger partial charge in [0.1, 0.15) is 17.2 Å². The maximum atomic E-state index is 5.54. The van der Waals surface area contributed by atoms with Gasteiger partial charge in [0.2, 0.25) is 0 Å². The van der Waals surface area contributed by atoms with Crippen LogP contribution in [0.3, 0.4) is 0 Å². The van der Waals surface area contributed by atoms with Gasteiger partial charge in [-0.1, -0.05) is 0 Å². The number of rotatable bonds is 3. The standard InChI is InChI=1S/C21H15Br3O3/c1-25-19-7-13-10(4-16(19)22)11-5-17(23)20(26-2)8-14(11)15-9-21(27-3)18(24)6-12(13)15/h4-9H,1-3H3. The number of hydrogen-bond donors (Lipinski definition) is 0. The van der Waals surface area contributed by atoms with Crippen molar-refractivity contribution in [1.29, 1.82) is 0 Å². The van der Waals surface area contributed by atoms with Crippen molar-refractivity contribution in [2.45, 2.75) is 0 Å². The molecule has 27 heavy (non-hydrogen) atoms. The minimum Gasteiger partial charge on any atom is -0.496 e. The van der Waals surface area contributed by atoms with E-state index in [-0.39, 0.29) is 0 Å². The summed E-state index contributed by atoms with van der Waals surface area (Å²) in [6.07, 6.45) is 0. The number of fused-ring (bicyclic) bond motifs is 6. The van der Waals surface area contributed by atoms with E-state index in [0.717, 1.165) is 63.0 Å². The molecule has 138 valence electrons. The Bertz CT molecular complexity index is 1220. The number of ether oxygens (including phenoxy) is 3. The molecular formula is C21H15Br3O3. The summed E-state index contributed by atoms with van der Waals surface area (Å²) >= 11 is 10.9. The number of hydrogen-bond acceptors (Lipinski definition) is 3. The Morgan fingerprint density at radius 3 is 0.889 bits per heavy atom. The summed E-state index contributed by atoms with van der Waals surface area (Å²) in [6, 6.07) is 12.5. The number of benzene rings is 4. The topological polar surface area (TPSA) is 27.7 Å². The van der Waals surface area contributed by atoms with Crippen molar-refractivity contribution in [1.82, 2.24) is 0 Å². The average Bonchev–Trinajstić information content (AvgIpc) is 2.67. The molecule has 0 fully saturated rings. The zero-order valence-electron chi connectivity index (χ0n) is 14.8. The first-order valence-corrected chi connectivity index (χ1v) is 10.5. The van der Waals surface area contributed by atoms with E-state index in [2.05, 4.69) is 84.2 Å². The van der Waals surface area contributed by atoms with Crippen molar-refractivity contribution in [2.75, 3.05) is 21.3 Å². The van der Waals surface area contributed by atoms with Gasteiger partial charge in [-0.25, -0.2) is 0 Å². The van der Waals surface area contributed by atoms with Crippen LogP contribution in [0, 0.1) is 0 Å². The Morgan fingerprint density at radius 1 is 0.444 bits per heavy atom. The predicted molar refractivity (Wildman–Crippen MR) is 122 cm³/mol. The monoisotopic (exact) mass is 552 g/mol. The molecule has 0 aromatic heterocycles. The van der Waals surface area contributed by atoms with Gasteiger partial charge < -0.3 is 14.2 Å². The third kappa shape index (κ3) is 2.98. The van der Waals surface area contributed by atoms with Crippen LogP contribution in [0.4, 0.5) is 0 Å². The molecule has 0 spiro atoms. The van der Waals surface area contributed by atoms with Crippen LogP contribution in [0.15, 0.2) is 49.8 Å². The quantitative estimate of drug-likeness (QED) is 0.246. The zero-order valence-corrected chi connectivity index (χ0v) is 19.6. The predicted octanol–water partition coefficient (Wildman–Crippen LogP) is 7.46. The molecule has 0 aliphatic carbocycles. The Balaban J connectivity index is 2.32. The van der Waals surface area contributed by atoms with E-state index in [0.29, 0.717) is 0 Å². The molecule has 0 unspecified atom stereocenters. The maximum absolute atomic E-state index is 5.54. The summed E-state index contributed by atoms with van der Waals surface area (Å²) in [5, 5.41) is 6.66. The normalized spacial score (nSPS) is 11.3. The second kappa shape index (κ2) is 7.15. The molecule has 0 N–H and O–H groups in total. The first-order chi connectivity index (χ1) is 13.0. The van der Waals surface area contributed by atoms with Crippen LogP contribution >= 0.6 is 47.8 Å². The molecule has 0 saturated carbocycles. The van der Waals surface area contributed by atoms with Gasteiger partial charge in [-0.05, 0) is 117 Å². The lowest BCUT2D eigenvalue weighted by molar-refractivity contribution is 0.412. The van der Waals surface area contributed by atoms with E-state index in [1.807, 2.05) is 0 Å². The summed E-state index contributed by atoms with van der Waals surface area (Å²) in [7, 11) is 5.02. The fraction of sp³-hybridized carbons (Fsp3) is 0.143. The largest absolute Gasteiger partial charge is 0.496 e. The molecule has 0 aliphatic rings. The van der Waals surface area contributed by atoms with Crippen molar-refractivity contribution in [3.05, 3.63) is 49.8 Å². The lowest BCUT2D eigenvalue weighted by atomic mass is 9.94. The van der Waals surface area contributed by atoms with Gasteiger partial charge in [0.05, 0.1) is 34.7 Å². The molecule has 0 heterocycles. The van der Waals surface area contributed by atoms with Crippen LogP contribution < -0.4 is 14.2 Å². The van der Waals surface area contributed by atoms with E-state index in [1.54, 1.807) is 21.3 Å². The van der Waals surface area contributed by atoms with Gasteiger partial charge in [0.15, 0.2) is 0 Å². The van der Waals surface area contributed by atoms with Crippen molar-refractivity contribution in [3.63, 3.8) is 0 Å². The first kappa shape index (κ1) is 18.8. The SMILES string of the molecule is COc1cc2c(cc1Br)c1cc(Br)c(OC)cc1c1cc(OC)c(Br)cc21. The molecule has 0 amide bonds. The van der Waals surface area contributed by atoms with Crippen LogP contribution in [-0.4, -0.2) is 21.3 Å². The lowest BCUT2D eigenvalue weighted by Crippen LogP contribution is -1.91. The molecule has 0 bridgehead atoms. The minimum atomic E-state index is 0.786. The van der Waals surface area contributed by atoms with Gasteiger partial charge in [-0.15, -0.1) is 0 Å². The number of halogens is 3. The highest BCUT2D eigenvalue weighted by Gasteiger charge is 2.16. The molecule has 0 saturated heterocycles. The molecule has 4 aromatic carbocycles. The molecule has 4 aromatic rings. The van der Waals surface area contributed by atoms with Crippen molar-refractivity contribution < 1.29 is 14.2 Å². The second-order valence-corrected chi connectivity index (χ2v) is 8.66. The Kier molecular flexibility index (Phi) is 4.99. The second-order valence-electron chi connectivity index (χ2n) is 6.10. The first-order valence-electron chi connectivity index (χ1n) is 8.12. The van der Waals surface area contributed by atoms with E-state index < -0.39 is 0 Å². The fourth-order valence-electron chi connectivity index (χ4n) is 3.47. The summed E-state index contributed by atoms with van der Waals surface area (Å²) in [4.78, 5) is 0. The van der Waals surface area contributed by atoms with E-state index in [4.69, 9.17) is 14.2 Å². The molecule has 3 nitrogen and oxygen atoms in total. The minimum absolute atomic E-state index is 0.786. The molecule has 0 radical (unpaired) electrons. The number of methoxy groups -OCH3 is 3. The molecule has 6 heteroatoms. The molecule has 0 aliphatic heterocycles. The van der Waals surface area contributed by atoms with Gasteiger partial charge >= 0.3 is 0 Å². The summed E-state index contributed by atoms with van der Waals surface area (Å²) < 4.78 is 19.3. The van der Waals surface area contributed by atoms with Crippen molar-refractivity contribution in [2.24, 2.45) is 0 Å². The maximum Gasteiger partial charge on any atom is 0.133 e. The lowest BCUT2D eigenvalue weighted by Gasteiger charge is -2.16. The van der Waals surface area contributed by atoms with Crippen LogP contribution in [0.1, 0.15) is 0 Å². The smallest absolute Gasteiger partial charge is 0.133 e. The van der Waals surface area contributed by atoms with E-state index in [9.17, 15) is 0 Å². The average molecular weight is 555 g/mol. The van der Waals surface area contributed by atoms with Gasteiger partial charge in [-0.2, -0.15) is 0 Å². The third-order valence-electron chi connectivity index (χ3n) is 4.75. The van der Waals surface area contributed by atoms with Crippen molar-refractivity contribution in [3.8, 4) is 17.2 Å². The molecule has 4 rings (SSSR count). The highest BCUT2D eigenvalue weighted by molar-refractivity contribution is 9.11. The van der Waals surface area contributed by atoms with Crippen LogP contribution in [0.5, 0.6) is 17.2 Å². The summed E-state index contributed by atoms with van der Waals surface area (Å²) in [5.41, 5.74) is 0. The van der Waals surface area contributed by atoms with Gasteiger partial charge in [0, 0.05) is 0 Å². The molecule has 0 atom stereocenters. The van der Waals surface area contributed by atoms with E-state index in [1.165, 1.54) is 0 Å². The summed E-state index contributed by atoms with van der Waals surface area (Å²) in [6.45, 7) is 0. The van der Waals surface area contributed by atoms with Gasteiger partial charge in [-0.3, -0.25) is 0 Å². The summed E-state index contributed by atoms with van der Waals surface area (Å²) in [5.74, 6) is 2.37. The Hall–Kier alpha value is -1.50.